The number of rotatable bonds is 5. The molecule has 0 saturated heterocycles. The lowest BCUT2D eigenvalue weighted by Gasteiger charge is -2.18. The largest absolute Gasteiger partial charge is 0.289 e. The summed E-state index contributed by atoms with van der Waals surface area (Å²) >= 11 is 0. The molecule has 11 heavy (non-hydrogen) atoms. The lowest BCUT2D eigenvalue weighted by atomic mass is 10.3. The maximum atomic E-state index is 11.0. The van der Waals surface area contributed by atoms with Gasteiger partial charge in [0.15, 0.2) is 0 Å². The number of nitrogens with one attached hydrogen (secondary N) is 1. The molecular formula is C8H18N2O. The van der Waals surface area contributed by atoms with E-state index in [2.05, 4.69) is 5.43 Å². The average molecular weight is 158 g/mol. The number of hydrazine groups is 1. The number of carbonyl (C=O) groups excluding carboxylic acids is 1. The van der Waals surface area contributed by atoms with Gasteiger partial charge in [-0.3, -0.25) is 10.2 Å². The molecule has 3 nitrogen and oxygen atoms in total. The van der Waals surface area contributed by atoms with Gasteiger partial charge in [0.25, 0.3) is 0 Å². The van der Waals surface area contributed by atoms with Gasteiger partial charge in [-0.1, -0.05) is 20.8 Å². The zero-order valence-electron chi connectivity index (χ0n) is 7.68. The number of hydrogen-bond acceptors (Lipinski definition) is 2. The Morgan fingerprint density at radius 2 is 1.82 bits per heavy atom. The van der Waals surface area contributed by atoms with E-state index in [4.69, 9.17) is 0 Å². The maximum Gasteiger partial charge on any atom is 0.234 e. The van der Waals surface area contributed by atoms with Crippen molar-refractivity contribution in [2.75, 3.05) is 13.1 Å². The van der Waals surface area contributed by atoms with Crippen molar-refractivity contribution in [3.05, 3.63) is 0 Å². The zero-order valence-corrected chi connectivity index (χ0v) is 7.68. The first kappa shape index (κ1) is 10.4. The summed E-state index contributed by atoms with van der Waals surface area (Å²) in [6, 6.07) is 0. The highest BCUT2D eigenvalue weighted by atomic mass is 16.2. The molecule has 0 aliphatic carbocycles. The molecule has 1 N–H and O–H groups in total. The Morgan fingerprint density at radius 1 is 1.27 bits per heavy atom. The third-order valence-electron chi connectivity index (χ3n) is 1.52. The molecule has 0 atom stereocenters. The zero-order chi connectivity index (χ0) is 8.69. The Labute approximate surface area is 68.7 Å². The van der Waals surface area contributed by atoms with Crippen LogP contribution in [0.5, 0.6) is 0 Å². The lowest BCUT2D eigenvalue weighted by Crippen LogP contribution is -2.41. The minimum Gasteiger partial charge on any atom is -0.289 e. The van der Waals surface area contributed by atoms with Gasteiger partial charge in [0.2, 0.25) is 5.91 Å². The third kappa shape index (κ3) is 4.79. The second kappa shape index (κ2) is 6.16. The Balaban J connectivity index is 3.54. The smallest absolute Gasteiger partial charge is 0.234 e. The van der Waals surface area contributed by atoms with E-state index in [9.17, 15) is 4.79 Å². The van der Waals surface area contributed by atoms with E-state index in [0.717, 1.165) is 19.5 Å². The minimum absolute atomic E-state index is 0.121. The molecule has 0 aliphatic rings. The van der Waals surface area contributed by atoms with E-state index in [1.807, 2.05) is 25.8 Å². The third-order valence-corrected chi connectivity index (χ3v) is 1.52. The van der Waals surface area contributed by atoms with Gasteiger partial charge >= 0.3 is 0 Å². The Morgan fingerprint density at radius 3 is 2.18 bits per heavy atom. The highest BCUT2D eigenvalue weighted by Gasteiger charge is 2.02. The molecule has 0 aliphatic heterocycles. The van der Waals surface area contributed by atoms with Crippen LogP contribution in [-0.2, 0) is 4.79 Å². The van der Waals surface area contributed by atoms with Crippen LogP contribution in [0.1, 0.15) is 33.6 Å². The Bertz CT molecular complexity index is 111. The van der Waals surface area contributed by atoms with Crippen LogP contribution in [0.25, 0.3) is 0 Å². The summed E-state index contributed by atoms with van der Waals surface area (Å²) in [6.07, 6.45) is 1.53. The van der Waals surface area contributed by atoms with Crippen molar-refractivity contribution >= 4 is 5.91 Å². The summed E-state index contributed by atoms with van der Waals surface area (Å²) in [5.74, 6) is 0.121. The maximum absolute atomic E-state index is 11.0. The normalized spacial score (nSPS) is 10.2. The Hall–Kier alpha value is -0.570. The van der Waals surface area contributed by atoms with Gasteiger partial charge in [0.1, 0.15) is 0 Å². The molecule has 0 radical (unpaired) electrons. The molecule has 0 aromatic heterocycles. The lowest BCUT2D eigenvalue weighted by molar-refractivity contribution is -0.125. The van der Waals surface area contributed by atoms with Crippen LogP contribution in [0.2, 0.25) is 0 Å². The molecule has 1 amide bonds. The molecule has 3 heteroatoms. The van der Waals surface area contributed by atoms with E-state index in [1.54, 1.807) is 0 Å². The van der Waals surface area contributed by atoms with Crippen LogP contribution < -0.4 is 5.43 Å². The van der Waals surface area contributed by atoms with Gasteiger partial charge in [0, 0.05) is 19.5 Å². The molecule has 0 unspecified atom stereocenters. The first-order chi connectivity index (χ1) is 5.24. The van der Waals surface area contributed by atoms with Gasteiger partial charge < -0.3 is 0 Å². The molecule has 0 rings (SSSR count). The highest BCUT2D eigenvalue weighted by Crippen LogP contribution is 1.87. The van der Waals surface area contributed by atoms with E-state index >= 15 is 0 Å². The van der Waals surface area contributed by atoms with Crippen molar-refractivity contribution in [1.29, 1.82) is 0 Å². The molecule has 0 spiro atoms. The van der Waals surface area contributed by atoms with E-state index < -0.39 is 0 Å². The molecular weight excluding hydrogens is 140 g/mol. The fraction of sp³-hybridized carbons (Fsp3) is 0.875. The number of hydrogen-bond donors (Lipinski definition) is 1. The summed E-state index contributed by atoms with van der Waals surface area (Å²) in [6.45, 7) is 7.78. The van der Waals surface area contributed by atoms with Crippen molar-refractivity contribution in [2.45, 2.75) is 33.6 Å². The van der Waals surface area contributed by atoms with Crippen molar-refractivity contribution in [3.63, 3.8) is 0 Å². The second-order valence-corrected chi connectivity index (χ2v) is 2.46. The van der Waals surface area contributed by atoms with Gasteiger partial charge in [-0.2, -0.15) is 0 Å². The predicted molar refractivity (Wildman–Crippen MR) is 46.0 cm³/mol. The molecule has 66 valence electrons. The first-order valence-corrected chi connectivity index (χ1v) is 4.29. The van der Waals surface area contributed by atoms with Gasteiger partial charge in [-0.05, 0) is 6.42 Å². The van der Waals surface area contributed by atoms with Crippen molar-refractivity contribution in [1.82, 2.24) is 10.4 Å². The van der Waals surface area contributed by atoms with E-state index in [0.29, 0.717) is 6.42 Å². The molecule has 0 fully saturated rings. The standard InChI is InChI=1S/C8H18N2O/c1-4-7-8(11)9-10(5-2)6-3/h4-7H2,1-3H3,(H,9,11). The fourth-order valence-corrected chi connectivity index (χ4v) is 0.841. The highest BCUT2D eigenvalue weighted by molar-refractivity contribution is 5.75. The summed E-state index contributed by atoms with van der Waals surface area (Å²) in [7, 11) is 0. The number of amides is 1. The predicted octanol–water partition coefficient (Wildman–Crippen LogP) is 1.16. The number of nitrogens with zero attached hydrogens (tertiary/aromatic N) is 1. The van der Waals surface area contributed by atoms with E-state index in [1.165, 1.54) is 0 Å². The molecule has 0 aromatic rings. The quantitative estimate of drug-likeness (QED) is 0.609. The number of carbonyl (C=O) groups is 1. The minimum atomic E-state index is 0.121. The fourth-order valence-electron chi connectivity index (χ4n) is 0.841. The average Bonchev–Trinajstić information content (AvgIpc) is 2.01. The van der Waals surface area contributed by atoms with Crippen molar-refractivity contribution in [3.8, 4) is 0 Å². The van der Waals surface area contributed by atoms with E-state index in [-0.39, 0.29) is 5.91 Å². The SMILES string of the molecule is CCCC(=O)NN(CC)CC. The summed E-state index contributed by atoms with van der Waals surface area (Å²) in [5, 5.41) is 1.90. The van der Waals surface area contributed by atoms with Crippen molar-refractivity contribution < 1.29 is 4.79 Å². The topological polar surface area (TPSA) is 32.3 Å². The Kier molecular flexibility index (Phi) is 5.84. The van der Waals surface area contributed by atoms with Crippen molar-refractivity contribution in [2.24, 2.45) is 0 Å². The monoisotopic (exact) mass is 158 g/mol. The summed E-state index contributed by atoms with van der Waals surface area (Å²) < 4.78 is 0. The second-order valence-electron chi connectivity index (χ2n) is 2.46. The molecule has 0 saturated carbocycles. The van der Waals surface area contributed by atoms with Crippen LogP contribution >= 0.6 is 0 Å². The van der Waals surface area contributed by atoms with Crippen LogP contribution in [0, 0.1) is 0 Å². The van der Waals surface area contributed by atoms with Gasteiger partial charge in [0.05, 0.1) is 0 Å². The van der Waals surface area contributed by atoms with Gasteiger partial charge in [-0.15, -0.1) is 0 Å². The van der Waals surface area contributed by atoms with Crippen LogP contribution in [0.3, 0.4) is 0 Å². The van der Waals surface area contributed by atoms with Crippen LogP contribution in [-0.4, -0.2) is 24.0 Å². The summed E-state index contributed by atoms with van der Waals surface area (Å²) in [5.41, 5.74) is 2.81. The molecule has 0 heterocycles. The molecule has 0 aromatic carbocycles. The molecule has 0 bridgehead atoms. The first-order valence-electron chi connectivity index (χ1n) is 4.29. The summed E-state index contributed by atoms with van der Waals surface area (Å²) in [4.78, 5) is 11.0. The van der Waals surface area contributed by atoms with Crippen LogP contribution in [0.4, 0.5) is 0 Å². The van der Waals surface area contributed by atoms with Crippen LogP contribution in [0.15, 0.2) is 0 Å². The van der Waals surface area contributed by atoms with Gasteiger partial charge in [-0.25, -0.2) is 5.01 Å².